The van der Waals surface area contributed by atoms with E-state index in [9.17, 15) is 0 Å². The van der Waals surface area contributed by atoms with Crippen LogP contribution in [0, 0.1) is 0 Å². The summed E-state index contributed by atoms with van der Waals surface area (Å²) in [6.07, 6.45) is 5.37. The van der Waals surface area contributed by atoms with Crippen molar-refractivity contribution in [3.63, 3.8) is 0 Å². The molecule has 0 atom stereocenters. The van der Waals surface area contributed by atoms with E-state index in [0.29, 0.717) is 5.95 Å². The summed E-state index contributed by atoms with van der Waals surface area (Å²) < 4.78 is 10.7. The molecule has 1 aromatic carbocycles. The summed E-state index contributed by atoms with van der Waals surface area (Å²) in [5.74, 6) is 2.08. The molecule has 0 radical (unpaired) electrons. The number of fused-ring (bicyclic) bond motifs is 1. The van der Waals surface area contributed by atoms with Gasteiger partial charge in [0, 0.05) is 37.3 Å². The second-order valence-electron chi connectivity index (χ2n) is 6.24. The van der Waals surface area contributed by atoms with Crippen LogP contribution in [0.5, 0.6) is 11.5 Å². The molecular formula is C19H26N4O2. The minimum atomic E-state index is 0.590. The molecule has 6 nitrogen and oxygen atoms in total. The van der Waals surface area contributed by atoms with Crippen LogP contribution in [0.15, 0.2) is 24.4 Å². The third-order valence-corrected chi connectivity index (χ3v) is 4.49. The number of ether oxygens (including phenoxy) is 2. The van der Waals surface area contributed by atoms with E-state index in [2.05, 4.69) is 22.1 Å². The zero-order valence-electron chi connectivity index (χ0n) is 15.2. The fourth-order valence-corrected chi connectivity index (χ4v) is 3.04. The molecule has 0 bridgehead atoms. The van der Waals surface area contributed by atoms with E-state index in [0.717, 1.165) is 48.9 Å². The average molecular weight is 342 g/mol. The van der Waals surface area contributed by atoms with Gasteiger partial charge in [0.15, 0.2) is 0 Å². The van der Waals surface area contributed by atoms with Crippen molar-refractivity contribution in [2.45, 2.75) is 32.7 Å². The van der Waals surface area contributed by atoms with Crippen LogP contribution in [0.25, 0.3) is 0 Å². The number of aromatic nitrogens is 2. The zero-order chi connectivity index (χ0) is 17.6. The predicted octanol–water partition coefficient (Wildman–Crippen LogP) is 3.40. The maximum Gasteiger partial charge on any atom is 0.227 e. The SMILES string of the molecule is CCCCN1CCc2nc(Nc3cc(OC)ccc3OC)ncc2C1. The molecule has 2 heterocycles. The Morgan fingerprint density at radius 3 is 2.88 bits per heavy atom. The van der Waals surface area contributed by atoms with Crippen molar-refractivity contribution in [1.29, 1.82) is 0 Å². The van der Waals surface area contributed by atoms with E-state index in [-0.39, 0.29) is 0 Å². The number of benzene rings is 1. The van der Waals surface area contributed by atoms with E-state index in [1.165, 1.54) is 18.4 Å². The van der Waals surface area contributed by atoms with E-state index >= 15 is 0 Å². The van der Waals surface area contributed by atoms with E-state index in [4.69, 9.17) is 14.5 Å². The van der Waals surface area contributed by atoms with Crippen molar-refractivity contribution in [3.05, 3.63) is 35.7 Å². The van der Waals surface area contributed by atoms with Crippen LogP contribution in [0.3, 0.4) is 0 Å². The van der Waals surface area contributed by atoms with Gasteiger partial charge in [-0.1, -0.05) is 13.3 Å². The third kappa shape index (κ3) is 4.20. The van der Waals surface area contributed by atoms with Crippen LogP contribution in [0.4, 0.5) is 11.6 Å². The number of anilines is 2. The lowest BCUT2D eigenvalue weighted by molar-refractivity contribution is 0.248. The number of nitrogens with one attached hydrogen (secondary N) is 1. The van der Waals surface area contributed by atoms with Gasteiger partial charge < -0.3 is 14.8 Å². The van der Waals surface area contributed by atoms with E-state index < -0.39 is 0 Å². The van der Waals surface area contributed by atoms with Crippen LogP contribution < -0.4 is 14.8 Å². The second kappa shape index (κ2) is 8.16. The molecule has 2 aromatic rings. The lowest BCUT2D eigenvalue weighted by atomic mass is 10.1. The monoisotopic (exact) mass is 342 g/mol. The largest absolute Gasteiger partial charge is 0.497 e. The van der Waals surface area contributed by atoms with Crippen molar-refractivity contribution in [3.8, 4) is 11.5 Å². The normalized spacial score (nSPS) is 14.0. The summed E-state index contributed by atoms with van der Waals surface area (Å²) in [5, 5.41) is 3.25. The molecule has 1 N–H and O–H groups in total. The Morgan fingerprint density at radius 2 is 2.12 bits per heavy atom. The van der Waals surface area contributed by atoms with Gasteiger partial charge in [0.2, 0.25) is 5.95 Å². The van der Waals surface area contributed by atoms with Crippen molar-refractivity contribution < 1.29 is 9.47 Å². The van der Waals surface area contributed by atoms with Crippen LogP contribution in [0.2, 0.25) is 0 Å². The molecular weight excluding hydrogens is 316 g/mol. The summed E-state index contributed by atoms with van der Waals surface area (Å²) in [5.41, 5.74) is 3.15. The van der Waals surface area contributed by atoms with Crippen LogP contribution in [-0.2, 0) is 13.0 Å². The Kier molecular flexibility index (Phi) is 5.71. The van der Waals surface area contributed by atoms with E-state index in [1.54, 1.807) is 14.2 Å². The van der Waals surface area contributed by atoms with Gasteiger partial charge in [-0.15, -0.1) is 0 Å². The molecule has 25 heavy (non-hydrogen) atoms. The Hall–Kier alpha value is -2.34. The quantitative estimate of drug-likeness (QED) is 0.832. The first-order valence-electron chi connectivity index (χ1n) is 8.79. The van der Waals surface area contributed by atoms with Crippen molar-refractivity contribution in [1.82, 2.24) is 14.9 Å². The summed E-state index contributed by atoms with van der Waals surface area (Å²) >= 11 is 0. The molecule has 0 saturated heterocycles. The van der Waals surface area contributed by atoms with Crippen LogP contribution >= 0.6 is 0 Å². The van der Waals surface area contributed by atoms with Gasteiger partial charge in [0.1, 0.15) is 11.5 Å². The second-order valence-corrected chi connectivity index (χ2v) is 6.24. The molecule has 1 aliphatic rings. The Labute approximate surface area is 149 Å². The number of hydrogen-bond acceptors (Lipinski definition) is 6. The third-order valence-electron chi connectivity index (χ3n) is 4.49. The molecule has 0 unspecified atom stereocenters. The maximum absolute atomic E-state index is 5.40. The standard InChI is InChI=1S/C19H26N4O2/c1-4-5-9-23-10-8-16-14(13-23)12-20-19(21-16)22-17-11-15(24-2)6-7-18(17)25-3/h6-7,11-12H,4-5,8-10,13H2,1-3H3,(H,20,21,22). The lowest BCUT2D eigenvalue weighted by Crippen LogP contribution is -2.32. The van der Waals surface area contributed by atoms with Gasteiger partial charge in [0.25, 0.3) is 0 Å². The summed E-state index contributed by atoms with van der Waals surface area (Å²) in [6, 6.07) is 5.61. The van der Waals surface area contributed by atoms with Gasteiger partial charge in [-0.25, -0.2) is 9.97 Å². The molecule has 0 fully saturated rings. The number of rotatable bonds is 7. The highest BCUT2D eigenvalue weighted by molar-refractivity contribution is 5.65. The summed E-state index contributed by atoms with van der Waals surface area (Å²) in [4.78, 5) is 11.7. The number of hydrogen-bond donors (Lipinski definition) is 1. The molecule has 0 aliphatic carbocycles. The zero-order valence-corrected chi connectivity index (χ0v) is 15.2. The summed E-state index contributed by atoms with van der Waals surface area (Å²) in [7, 11) is 3.29. The van der Waals surface area contributed by atoms with Gasteiger partial charge in [-0.3, -0.25) is 4.90 Å². The highest BCUT2D eigenvalue weighted by atomic mass is 16.5. The highest BCUT2D eigenvalue weighted by Gasteiger charge is 2.18. The van der Waals surface area contributed by atoms with Crippen LogP contribution in [0.1, 0.15) is 31.0 Å². The molecule has 0 saturated carbocycles. The molecule has 134 valence electrons. The van der Waals surface area contributed by atoms with Crippen LogP contribution in [-0.4, -0.2) is 42.2 Å². The minimum absolute atomic E-state index is 0.590. The maximum atomic E-state index is 5.40. The highest BCUT2D eigenvalue weighted by Crippen LogP contribution is 2.31. The Balaban J connectivity index is 1.75. The number of unbranched alkanes of at least 4 members (excludes halogenated alkanes) is 1. The number of nitrogens with zero attached hydrogens (tertiary/aromatic N) is 3. The molecule has 0 spiro atoms. The molecule has 0 amide bonds. The minimum Gasteiger partial charge on any atom is -0.497 e. The van der Waals surface area contributed by atoms with Gasteiger partial charge >= 0.3 is 0 Å². The topological polar surface area (TPSA) is 59.5 Å². The molecule has 3 rings (SSSR count). The van der Waals surface area contributed by atoms with Gasteiger partial charge in [0.05, 0.1) is 25.6 Å². The fourth-order valence-electron chi connectivity index (χ4n) is 3.04. The van der Waals surface area contributed by atoms with Gasteiger partial charge in [-0.2, -0.15) is 0 Å². The molecule has 6 heteroatoms. The number of methoxy groups -OCH3 is 2. The lowest BCUT2D eigenvalue weighted by Gasteiger charge is -2.27. The average Bonchev–Trinajstić information content (AvgIpc) is 2.66. The van der Waals surface area contributed by atoms with Crippen molar-refractivity contribution >= 4 is 11.6 Å². The first-order valence-corrected chi connectivity index (χ1v) is 8.79. The smallest absolute Gasteiger partial charge is 0.227 e. The van der Waals surface area contributed by atoms with Crippen molar-refractivity contribution in [2.24, 2.45) is 0 Å². The Bertz CT molecular complexity index is 721. The first-order chi connectivity index (χ1) is 12.2. The predicted molar refractivity (Wildman–Crippen MR) is 98.7 cm³/mol. The molecule has 1 aromatic heterocycles. The molecule has 1 aliphatic heterocycles. The van der Waals surface area contributed by atoms with Crippen molar-refractivity contribution in [2.75, 3.05) is 32.6 Å². The summed E-state index contributed by atoms with van der Waals surface area (Å²) in [6.45, 7) is 5.38. The first kappa shape index (κ1) is 17.5. The van der Waals surface area contributed by atoms with E-state index in [1.807, 2.05) is 24.4 Å². The fraction of sp³-hybridized carbons (Fsp3) is 0.474. The van der Waals surface area contributed by atoms with Gasteiger partial charge in [-0.05, 0) is 25.1 Å². The Morgan fingerprint density at radius 1 is 1.24 bits per heavy atom.